The predicted octanol–water partition coefficient (Wildman–Crippen LogP) is 3.11. The summed E-state index contributed by atoms with van der Waals surface area (Å²) in [5, 5.41) is 2.68. The number of rotatable bonds is 8. The SMILES string of the molecule is CN(C)C(=O)Oc1ccc(C[C@H](NC(=O)[C@@H]2CCCN2S(=O)(=O)c2ccc(F)cc2)C(=O)OC(C)(C)C)cc1. The van der Waals surface area contributed by atoms with E-state index in [1.807, 2.05) is 0 Å². The van der Waals surface area contributed by atoms with Gasteiger partial charge in [-0.15, -0.1) is 0 Å². The molecule has 2 atom stereocenters. The highest BCUT2D eigenvalue weighted by molar-refractivity contribution is 7.89. The van der Waals surface area contributed by atoms with Crippen LogP contribution in [0.2, 0.25) is 0 Å². The maximum atomic E-state index is 13.4. The van der Waals surface area contributed by atoms with E-state index < -0.39 is 51.5 Å². The van der Waals surface area contributed by atoms with Gasteiger partial charge in [0, 0.05) is 27.1 Å². The first-order valence-corrected chi connectivity index (χ1v) is 13.9. The number of ether oxygens (including phenoxy) is 2. The van der Waals surface area contributed by atoms with Crippen molar-refractivity contribution in [2.75, 3.05) is 20.6 Å². The number of benzene rings is 2. The van der Waals surface area contributed by atoms with Crippen LogP contribution in [0.4, 0.5) is 9.18 Å². The van der Waals surface area contributed by atoms with Gasteiger partial charge in [0.15, 0.2) is 0 Å². The lowest BCUT2D eigenvalue weighted by atomic mass is 10.0. The van der Waals surface area contributed by atoms with Gasteiger partial charge in [-0.25, -0.2) is 22.4 Å². The first kappa shape index (κ1) is 30.0. The number of halogens is 1. The molecule has 39 heavy (non-hydrogen) atoms. The highest BCUT2D eigenvalue weighted by Gasteiger charge is 2.41. The largest absolute Gasteiger partial charge is 0.458 e. The molecule has 1 aliphatic rings. The Morgan fingerprint density at radius 3 is 2.26 bits per heavy atom. The number of sulfonamides is 1. The van der Waals surface area contributed by atoms with Crippen molar-refractivity contribution in [3.63, 3.8) is 0 Å². The van der Waals surface area contributed by atoms with Crippen LogP contribution in [0.5, 0.6) is 5.75 Å². The molecule has 212 valence electrons. The summed E-state index contributed by atoms with van der Waals surface area (Å²) in [5.41, 5.74) is -0.173. The summed E-state index contributed by atoms with van der Waals surface area (Å²) in [5.74, 6) is -1.58. The molecule has 0 saturated carbocycles. The van der Waals surface area contributed by atoms with Crippen LogP contribution in [-0.2, 0) is 30.8 Å². The average molecular weight is 564 g/mol. The Morgan fingerprint density at radius 1 is 1.08 bits per heavy atom. The Morgan fingerprint density at radius 2 is 1.69 bits per heavy atom. The maximum Gasteiger partial charge on any atom is 0.414 e. The second-order valence-corrected chi connectivity index (χ2v) is 12.3. The van der Waals surface area contributed by atoms with Gasteiger partial charge < -0.3 is 19.7 Å². The van der Waals surface area contributed by atoms with Crippen LogP contribution in [0, 0.1) is 5.82 Å². The molecule has 1 aliphatic heterocycles. The zero-order valence-electron chi connectivity index (χ0n) is 22.6. The van der Waals surface area contributed by atoms with Crippen LogP contribution in [0.15, 0.2) is 53.4 Å². The van der Waals surface area contributed by atoms with Crippen molar-refractivity contribution >= 4 is 28.0 Å². The molecule has 10 nitrogen and oxygen atoms in total. The van der Waals surface area contributed by atoms with E-state index in [1.165, 1.54) is 4.90 Å². The van der Waals surface area contributed by atoms with Crippen LogP contribution in [0.1, 0.15) is 39.2 Å². The number of nitrogens with one attached hydrogen (secondary N) is 1. The number of carbonyl (C=O) groups excluding carboxylic acids is 3. The molecule has 0 unspecified atom stereocenters. The lowest BCUT2D eigenvalue weighted by Crippen LogP contribution is -2.52. The van der Waals surface area contributed by atoms with Crippen LogP contribution >= 0.6 is 0 Å². The molecule has 0 radical (unpaired) electrons. The first-order valence-electron chi connectivity index (χ1n) is 12.5. The zero-order valence-corrected chi connectivity index (χ0v) is 23.5. The van der Waals surface area contributed by atoms with E-state index in [0.717, 1.165) is 28.6 Å². The second kappa shape index (κ2) is 12.1. The van der Waals surface area contributed by atoms with Crippen molar-refractivity contribution in [2.45, 2.75) is 62.6 Å². The molecule has 1 N–H and O–H groups in total. The topological polar surface area (TPSA) is 122 Å². The standard InChI is InChI=1S/C27H34FN3O7S/c1-27(2,3)38-25(33)22(17-18-8-12-20(13-9-18)37-26(34)30(4)5)29-24(32)23-7-6-16-31(23)39(35,36)21-14-10-19(28)11-15-21/h8-15,22-23H,6-7,16-17H2,1-5H3,(H,29,32)/t22-,23-/m0/s1. The molecule has 2 aromatic carbocycles. The molecule has 3 rings (SSSR count). The third-order valence-corrected chi connectivity index (χ3v) is 7.79. The highest BCUT2D eigenvalue weighted by atomic mass is 32.2. The van der Waals surface area contributed by atoms with Crippen molar-refractivity contribution < 1.29 is 36.7 Å². The highest BCUT2D eigenvalue weighted by Crippen LogP contribution is 2.27. The average Bonchev–Trinajstić information content (AvgIpc) is 3.35. The summed E-state index contributed by atoms with van der Waals surface area (Å²) >= 11 is 0. The van der Waals surface area contributed by atoms with E-state index >= 15 is 0 Å². The molecule has 1 heterocycles. The molecule has 1 saturated heterocycles. The summed E-state index contributed by atoms with van der Waals surface area (Å²) in [6.45, 7) is 5.21. The quantitative estimate of drug-likeness (QED) is 0.490. The fourth-order valence-electron chi connectivity index (χ4n) is 3.99. The molecule has 1 fully saturated rings. The minimum absolute atomic E-state index is 0.0555. The van der Waals surface area contributed by atoms with Crippen molar-refractivity contribution in [3.8, 4) is 5.75 Å². The Hall–Kier alpha value is -3.51. The smallest absolute Gasteiger partial charge is 0.414 e. The van der Waals surface area contributed by atoms with Gasteiger partial charge in [0.05, 0.1) is 4.90 Å². The van der Waals surface area contributed by atoms with E-state index in [9.17, 15) is 27.2 Å². The Bertz CT molecular complexity index is 1290. The van der Waals surface area contributed by atoms with Gasteiger partial charge in [-0.05, 0) is 75.6 Å². The normalized spacial score (nSPS) is 16.8. The lowest BCUT2D eigenvalue weighted by Gasteiger charge is -2.28. The summed E-state index contributed by atoms with van der Waals surface area (Å²) < 4.78 is 51.6. The number of amides is 2. The van der Waals surface area contributed by atoms with Crippen molar-refractivity contribution in [1.82, 2.24) is 14.5 Å². The zero-order chi connectivity index (χ0) is 29.0. The lowest BCUT2D eigenvalue weighted by molar-refractivity contribution is -0.158. The van der Waals surface area contributed by atoms with Crippen molar-refractivity contribution in [1.29, 1.82) is 0 Å². The molecular formula is C27H34FN3O7S. The van der Waals surface area contributed by atoms with Crippen LogP contribution in [0.3, 0.4) is 0 Å². The Balaban J connectivity index is 1.79. The Labute approximate surface area is 228 Å². The van der Waals surface area contributed by atoms with Crippen LogP contribution < -0.4 is 10.1 Å². The van der Waals surface area contributed by atoms with Gasteiger partial charge in [-0.3, -0.25) is 4.79 Å². The molecule has 2 amide bonds. The van der Waals surface area contributed by atoms with E-state index in [4.69, 9.17) is 9.47 Å². The number of nitrogens with zero attached hydrogens (tertiary/aromatic N) is 2. The van der Waals surface area contributed by atoms with Gasteiger partial charge in [-0.1, -0.05) is 12.1 Å². The fraction of sp³-hybridized carbons (Fsp3) is 0.444. The van der Waals surface area contributed by atoms with Crippen molar-refractivity contribution in [3.05, 3.63) is 59.9 Å². The van der Waals surface area contributed by atoms with E-state index in [1.54, 1.807) is 59.1 Å². The maximum absolute atomic E-state index is 13.4. The second-order valence-electron chi connectivity index (χ2n) is 10.4. The number of carbonyl (C=O) groups is 3. The summed E-state index contributed by atoms with van der Waals surface area (Å²) in [6, 6.07) is 8.69. The predicted molar refractivity (Wildman–Crippen MR) is 141 cm³/mol. The monoisotopic (exact) mass is 563 g/mol. The van der Waals surface area contributed by atoms with Gasteiger partial charge in [0.25, 0.3) is 0 Å². The number of esters is 1. The minimum atomic E-state index is -4.07. The Kier molecular flexibility index (Phi) is 9.34. The molecule has 2 aromatic rings. The molecule has 0 spiro atoms. The van der Waals surface area contributed by atoms with Gasteiger partial charge in [0.2, 0.25) is 15.9 Å². The summed E-state index contributed by atoms with van der Waals surface area (Å²) in [6.07, 6.45) is 0.223. The molecular weight excluding hydrogens is 529 g/mol. The van der Waals surface area contributed by atoms with E-state index in [-0.39, 0.29) is 24.3 Å². The van der Waals surface area contributed by atoms with Crippen molar-refractivity contribution in [2.24, 2.45) is 0 Å². The van der Waals surface area contributed by atoms with Gasteiger partial charge in [0.1, 0.15) is 29.3 Å². The van der Waals surface area contributed by atoms with Gasteiger partial charge >= 0.3 is 12.1 Å². The molecule has 12 heteroatoms. The minimum Gasteiger partial charge on any atom is -0.458 e. The third-order valence-electron chi connectivity index (χ3n) is 5.87. The van der Waals surface area contributed by atoms with Crippen LogP contribution in [-0.4, -0.2) is 73.9 Å². The molecule has 0 bridgehead atoms. The number of hydrogen-bond acceptors (Lipinski definition) is 7. The molecule has 0 aromatic heterocycles. The molecule has 0 aliphatic carbocycles. The van der Waals surface area contributed by atoms with Crippen LogP contribution in [0.25, 0.3) is 0 Å². The van der Waals surface area contributed by atoms with Gasteiger partial charge in [-0.2, -0.15) is 4.31 Å². The van der Waals surface area contributed by atoms with E-state index in [2.05, 4.69) is 5.32 Å². The van der Waals surface area contributed by atoms with E-state index in [0.29, 0.717) is 17.7 Å². The summed E-state index contributed by atoms with van der Waals surface area (Å²) in [4.78, 5) is 39.3. The fourth-order valence-corrected chi connectivity index (χ4v) is 5.64. The summed E-state index contributed by atoms with van der Waals surface area (Å²) in [7, 11) is -0.956. The third kappa shape index (κ3) is 7.99. The number of hydrogen-bond donors (Lipinski definition) is 1. The first-order chi connectivity index (χ1) is 18.2.